The van der Waals surface area contributed by atoms with Crippen molar-refractivity contribution in [1.29, 1.82) is 0 Å². The summed E-state index contributed by atoms with van der Waals surface area (Å²) in [7, 11) is 0. The minimum atomic E-state index is 0.110. The van der Waals surface area contributed by atoms with E-state index in [2.05, 4.69) is 0 Å². The number of hydrogen-bond acceptors (Lipinski definition) is 3. The van der Waals surface area contributed by atoms with Crippen LogP contribution in [0.15, 0.2) is 0 Å². The third kappa shape index (κ3) is 1.93. The standard InChI is InChI=1S/C6H13N2O/c7-8(9)6-4-2-1-3-5-6/h6H,1-5,7H2/q-1. The van der Waals surface area contributed by atoms with Crippen molar-refractivity contribution in [2.45, 2.75) is 38.1 Å². The zero-order valence-corrected chi connectivity index (χ0v) is 5.55. The smallest absolute Gasteiger partial charge is 0.0105 e. The summed E-state index contributed by atoms with van der Waals surface area (Å²) < 4.78 is 0. The van der Waals surface area contributed by atoms with Gasteiger partial charge in [-0.1, -0.05) is 19.3 Å². The molecule has 0 bridgehead atoms. The van der Waals surface area contributed by atoms with E-state index in [1.807, 2.05) is 0 Å². The Kier molecular flexibility index (Phi) is 2.45. The highest BCUT2D eigenvalue weighted by atomic mass is 16.5. The lowest BCUT2D eigenvalue weighted by Crippen LogP contribution is -2.37. The van der Waals surface area contributed by atoms with E-state index in [1.165, 1.54) is 19.3 Å². The Labute approximate surface area is 55.4 Å². The molecule has 0 aromatic heterocycles. The normalized spacial score (nSPS) is 23.0. The van der Waals surface area contributed by atoms with Gasteiger partial charge < -0.3 is 10.4 Å². The Hall–Kier alpha value is -0.120. The largest absolute Gasteiger partial charge is 0.772 e. The maximum atomic E-state index is 10.5. The fourth-order valence-electron chi connectivity index (χ4n) is 1.34. The Bertz CT molecular complexity index is 79.1. The molecule has 0 heterocycles. The van der Waals surface area contributed by atoms with Crippen LogP contribution in [0.25, 0.3) is 0 Å². The van der Waals surface area contributed by atoms with Gasteiger partial charge in [-0.3, -0.25) is 5.84 Å². The number of nitrogens with zero attached hydrogens (tertiary/aromatic N) is 1. The molecular formula is C6H13N2O-. The topological polar surface area (TPSA) is 52.3 Å². The summed E-state index contributed by atoms with van der Waals surface area (Å²) in [6.45, 7) is 0. The van der Waals surface area contributed by atoms with Crippen molar-refractivity contribution in [3.63, 3.8) is 0 Å². The van der Waals surface area contributed by atoms with Crippen molar-refractivity contribution in [1.82, 2.24) is 5.17 Å². The highest BCUT2D eigenvalue weighted by molar-refractivity contribution is 4.71. The molecule has 0 spiro atoms. The molecule has 0 aliphatic heterocycles. The summed E-state index contributed by atoms with van der Waals surface area (Å²) in [5.74, 6) is 5.04. The second-order valence-corrected chi connectivity index (χ2v) is 2.65. The van der Waals surface area contributed by atoms with Crippen molar-refractivity contribution < 1.29 is 0 Å². The van der Waals surface area contributed by atoms with E-state index in [1.54, 1.807) is 0 Å². The summed E-state index contributed by atoms with van der Waals surface area (Å²) in [5, 5.41) is 11.1. The van der Waals surface area contributed by atoms with Crippen LogP contribution in [-0.4, -0.2) is 11.2 Å². The van der Waals surface area contributed by atoms with E-state index in [-0.39, 0.29) is 6.04 Å². The van der Waals surface area contributed by atoms with Gasteiger partial charge in [0.1, 0.15) is 0 Å². The van der Waals surface area contributed by atoms with Gasteiger partial charge in [-0.25, -0.2) is 0 Å². The second-order valence-electron chi connectivity index (χ2n) is 2.65. The van der Waals surface area contributed by atoms with E-state index < -0.39 is 0 Å². The molecule has 0 unspecified atom stereocenters. The van der Waals surface area contributed by atoms with Crippen molar-refractivity contribution >= 4 is 0 Å². The summed E-state index contributed by atoms with van der Waals surface area (Å²) >= 11 is 0. The van der Waals surface area contributed by atoms with Crippen LogP contribution in [0.5, 0.6) is 0 Å². The Morgan fingerprint density at radius 3 is 2.11 bits per heavy atom. The van der Waals surface area contributed by atoms with E-state index in [4.69, 9.17) is 5.84 Å². The first kappa shape index (κ1) is 6.99. The fourth-order valence-corrected chi connectivity index (χ4v) is 1.34. The van der Waals surface area contributed by atoms with Gasteiger partial charge in [0.15, 0.2) is 0 Å². The first-order valence-corrected chi connectivity index (χ1v) is 3.52. The van der Waals surface area contributed by atoms with E-state index in [9.17, 15) is 5.21 Å². The molecule has 0 aromatic carbocycles. The van der Waals surface area contributed by atoms with Crippen LogP contribution in [0.4, 0.5) is 0 Å². The summed E-state index contributed by atoms with van der Waals surface area (Å²) in [6.07, 6.45) is 5.57. The maximum absolute atomic E-state index is 10.5. The van der Waals surface area contributed by atoms with Gasteiger partial charge in [0, 0.05) is 6.04 Å². The molecule has 54 valence electrons. The molecule has 0 saturated heterocycles. The molecule has 1 aliphatic carbocycles. The predicted molar refractivity (Wildman–Crippen MR) is 36.3 cm³/mol. The van der Waals surface area contributed by atoms with Gasteiger partial charge in [-0.2, -0.15) is 0 Å². The number of hydroxylamine groups is 1. The van der Waals surface area contributed by atoms with Crippen LogP contribution < -0.4 is 5.84 Å². The van der Waals surface area contributed by atoms with Crippen LogP contribution in [-0.2, 0) is 0 Å². The molecule has 3 nitrogen and oxygen atoms in total. The molecule has 2 N–H and O–H groups in total. The number of rotatable bonds is 1. The van der Waals surface area contributed by atoms with E-state index in [0.29, 0.717) is 5.17 Å². The Morgan fingerprint density at radius 2 is 1.78 bits per heavy atom. The van der Waals surface area contributed by atoms with Gasteiger partial charge in [0.25, 0.3) is 0 Å². The molecule has 0 atom stereocenters. The van der Waals surface area contributed by atoms with Gasteiger partial charge >= 0.3 is 0 Å². The van der Waals surface area contributed by atoms with Gasteiger partial charge in [-0.15, -0.1) is 0 Å². The Morgan fingerprint density at radius 1 is 1.22 bits per heavy atom. The molecule has 9 heavy (non-hydrogen) atoms. The second kappa shape index (κ2) is 3.15. The van der Waals surface area contributed by atoms with Gasteiger partial charge in [0.2, 0.25) is 0 Å². The lowest BCUT2D eigenvalue weighted by atomic mass is 9.96. The average Bonchev–Trinajstić information content (AvgIpc) is 1.90. The monoisotopic (exact) mass is 129 g/mol. The van der Waals surface area contributed by atoms with Crippen LogP contribution in [0.3, 0.4) is 0 Å². The van der Waals surface area contributed by atoms with Gasteiger partial charge in [-0.05, 0) is 12.8 Å². The quantitative estimate of drug-likeness (QED) is 0.424. The van der Waals surface area contributed by atoms with Gasteiger partial charge in [0.05, 0.1) is 0 Å². The van der Waals surface area contributed by atoms with Crippen molar-refractivity contribution in [2.75, 3.05) is 0 Å². The highest BCUT2D eigenvalue weighted by Crippen LogP contribution is 2.19. The molecule has 3 heteroatoms. The van der Waals surface area contributed by atoms with Crippen LogP contribution in [0.2, 0.25) is 0 Å². The number of nitrogens with two attached hydrogens (primary N) is 1. The minimum Gasteiger partial charge on any atom is -0.772 e. The number of hydrogen-bond donors (Lipinski definition) is 1. The number of hydrazine groups is 1. The summed E-state index contributed by atoms with van der Waals surface area (Å²) in [4.78, 5) is 0. The molecule has 0 aromatic rings. The van der Waals surface area contributed by atoms with Crippen molar-refractivity contribution in [3.8, 4) is 0 Å². The summed E-state index contributed by atoms with van der Waals surface area (Å²) in [5.41, 5.74) is 0. The highest BCUT2D eigenvalue weighted by Gasteiger charge is 2.11. The molecule has 1 aliphatic rings. The zero-order valence-electron chi connectivity index (χ0n) is 5.55. The Balaban J connectivity index is 2.23. The molecule has 1 rings (SSSR count). The minimum absolute atomic E-state index is 0.110. The average molecular weight is 129 g/mol. The third-order valence-corrected chi connectivity index (χ3v) is 1.93. The maximum Gasteiger partial charge on any atom is 0.0105 e. The first-order chi connectivity index (χ1) is 4.30. The van der Waals surface area contributed by atoms with Crippen LogP contribution >= 0.6 is 0 Å². The molecule has 0 radical (unpaired) electrons. The van der Waals surface area contributed by atoms with Crippen LogP contribution in [0, 0.1) is 5.21 Å². The van der Waals surface area contributed by atoms with Crippen molar-refractivity contribution in [2.24, 2.45) is 5.84 Å². The molecule has 1 saturated carbocycles. The summed E-state index contributed by atoms with van der Waals surface area (Å²) in [6, 6.07) is 0.110. The SMILES string of the molecule is NN([O-])C1CCCCC1. The van der Waals surface area contributed by atoms with Crippen molar-refractivity contribution in [3.05, 3.63) is 5.21 Å². The van der Waals surface area contributed by atoms with E-state index in [0.717, 1.165) is 12.8 Å². The third-order valence-electron chi connectivity index (χ3n) is 1.93. The van der Waals surface area contributed by atoms with Crippen LogP contribution in [0.1, 0.15) is 32.1 Å². The predicted octanol–water partition coefficient (Wildman–Crippen LogP) is 0.993. The lowest BCUT2D eigenvalue weighted by molar-refractivity contribution is 0.223. The van der Waals surface area contributed by atoms with E-state index >= 15 is 0 Å². The molecule has 1 fully saturated rings. The fraction of sp³-hybridized carbons (Fsp3) is 1.00. The zero-order chi connectivity index (χ0) is 6.69. The molecule has 0 amide bonds. The lowest BCUT2D eigenvalue weighted by Gasteiger charge is -2.34. The first-order valence-electron chi connectivity index (χ1n) is 3.52. The molecular weight excluding hydrogens is 116 g/mol.